The lowest BCUT2D eigenvalue weighted by Gasteiger charge is -2.24. The summed E-state index contributed by atoms with van der Waals surface area (Å²) in [6.45, 7) is 8.97. The number of hydrogen-bond acceptors (Lipinski definition) is 3. The van der Waals surface area contributed by atoms with E-state index in [0.29, 0.717) is 37.6 Å². The molecule has 0 N–H and O–H groups in total. The van der Waals surface area contributed by atoms with Crippen molar-refractivity contribution < 1.29 is 14.3 Å². The molecule has 0 aromatic carbocycles. The minimum absolute atomic E-state index is 0.257. The monoisotopic (exact) mass is 255 g/mol. The number of rotatable bonds is 4. The van der Waals surface area contributed by atoms with Crippen LogP contribution in [0.15, 0.2) is 0 Å². The summed E-state index contributed by atoms with van der Waals surface area (Å²) in [6.07, 6.45) is 2.82. The molecule has 0 aromatic heterocycles. The number of carbonyl (C=O) groups excluding carboxylic acids is 2. The standard InChI is InChI=1S/C14H25NO3/c1-5-6-12(16)9-11-7-8-15(10-11)13(17)18-14(2,3)4/h11H,5-10H2,1-4H3. The molecule has 1 aliphatic heterocycles. The first-order valence-electron chi connectivity index (χ1n) is 6.81. The maximum atomic E-state index is 11.8. The summed E-state index contributed by atoms with van der Waals surface area (Å²) in [4.78, 5) is 25.1. The van der Waals surface area contributed by atoms with Crippen molar-refractivity contribution in [3.05, 3.63) is 0 Å². The fourth-order valence-corrected chi connectivity index (χ4v) is 2.19. The molecule has 1 fully saturated rings. The van der Waals surface area contributed by atoms with Crippen molar-refractivity contribution in [1.82, 2.24) is 4.90 Å². The number of nitrogens with zero attached hydrogens (tertiary/aromatic N) is 1. The van der Waals surface area contributed by atoms with Crippen molar-refractivity contribution in [1.29, 1.82) is 0 Å². The highest BCUT2D eigenvalue weighted by Crippen LogP contribution is 2.22. The Bertz CT molecular complexity index is 307. The largest absolute Gasteiger partial charge is 0.444 e. The molecule has 0 bridgehead atoms. The van der Waals surface area contributed by atoms with E-state index >= 15 is 0 Å². The van der Waals surface area contributed by atoms with Gasteiger partial charge in [-0.3, -0.25) is 4.79 Å². The van der Waals surface area contributed by atoms with Gasteiger partial charge in [0.25, 0.3) is 0 Å². The molecule has 1 heterocycles. The number of amides is 1. The Labute approximate surface area is 110 Å². The van der Waals surface area contributed by atoms with Crippen LogP contribution in [-0.2, 0) is 9.53 Å². The van der Waals surface area contributed by atoms with Crippen molar-refractivity contribution >= 4 is 11.9 Å². The smallest absolute Gasteiger partial charge is 0.410 e. The van der Waals surface area contributed by atoms with Crippen LogP contribution in [0.3, 0.4) is 0 Å². The van der Waals surface area contributed by atoms with Crippen molar-refractivity contribution in [2.45, 2.75) is 59.0 Å². The van der Waals surface area contributed by atoms with Crippen molar-refractivity contribution in [2.75, 3.05) is 13.1 Å². The van der Waals surface area contributed by atoms with Gasteiger partial charge < -0.3 is 9.64 Å². The Morgan fingerprint density at radius 1 is 1.33 bits per heavy atom. The number of likely N-dealkylation sites (tertiary alicyclic amines) is 1. The van der Waals surface area contributed by atoms with Crippen LogP contribution in [0.1, 0.15) is 53.4 Å². The number of ketones is 1. The number of carbonyl (C=O) groups is 2. The highest BCUT2D eigenvalue weighted by atomic mass is 16.6. The van der Waals surface area contributed by atoms with Crippen LogP contribution in [-0.4, -0.2) is 35.5 Å². The summed E-state index contributed by atoms with van der Waals surface area (Å²) in [7, 11) is 0. The first-order chi connectivity index (χ1) is 8.31. The predicted molar refractivity (Wildman–Crippen MR) is 70.4 cm³/mol. The van der Waals surface area contributed by atoms with E-state index < -0.39 is 5.60 Å². The molecule has 1 atom stereocenters. The molecular weight excluding hydrogens is 230 g/mol. The van der Waals surface area contributed by atoms with E-state index in [1.54, 1.807) is 4.90 Å². The van der Waals surface area contributed by atoms with E-state index in [2.05, 4.69) is 0 Å². The van der Waals surface area contributed by atoms with Gasteiger partial charge in [0.15, 0.2) is 0 Å². The molecule has 1 saturated heterocycles. The van der Waals surface area contributed by atoms with Gasteiger partial charge in [-0.15, -0.1) is 0 Å². The Hall–Kier alpha value is -1.06. The van der Waals surface area contributed by atoms with Crippen LogP contribution >= 0.6 is 0 Å². The molecule has 0 spiro atoms. The quantitative estimate of drug-likeness (QED) is 0.775. The van der Waals surface area contributed by atoms with Crippen LogP contribution in [0.2, 0.25) is 0 Å². The van der Waals surface area contributed by atoms with Gasteiger partial charge in [0.2, 0.25) is 0 Å². The van der Waals surface area contributed by atoms with Gasteiger partial charge in [0.1, 0.15) is 11.4 Å². The molecule has 18 heavy (non-hydrogen) atoms. The molecule has 0 radical (unpaired) electrons. The molecule has 4 heteroatoms. The summed E-state index contributed by atoms with van der Waals surface area (Å²) in [5.74, 6) is 0.630. The van der Waals surface area contributed by atoms with Crippen molar-refractivity contribution in [3.8, 4) is 0 Å². The third kappa shape index (κ3) is 5.07. The Balaban J connectivity index is 2.37. The summed E-state index contributed by atoms with van der Waals surface area (Å²) in [6, 6.07) is 0. The average molecular weight is 255 g/mol. The van der Waals surface area contributed by atoms with Gasteiger partial charge in [-0.1, -0.05) is 6.92 Å². The minimum Gasteiger partial charge on any atom is -0.444 e. The lowest BCUT2D eigenvalue weighted by atomic mass is 10.00. The van der Waals surface area contributed by atoms with E-state index in [1.165, 1.54) is 0 Å². The molecule has 1 amide bonds. The van der Waals surface area contributed by atoms with Gasteiger partial charge in [0.05, 0.1) is 0 Å². The SMILES string of the molecule is CCCC(=O)CC1CCN(C(=O)OC(C)(C)C)C1. The summed E-state index contributed by atoms with van der Waals surface area (Å²) in [5, 5.41) is 0. The van der Waals surface area contributed by atoms with Crippen molar-refractivity contribution in [2.24, 2.45) is 5.92 Å². The van der Waals surface area contributed by atoms with Crippen LogP contribution in [0.25, 0.3) is 0 Å². The minimum atomic E-state index is -0.451. The zero-order chi connectivity index (χ0) is 13.8. The molecule has 104 valence electrons. The van der Waals surface area contributed by atoms with E-state index in [0.717, 1.165) is 12.8 Å². The topological polar surface area (TPSA) is 46.6 Å². The molecule has 0 aliphatic carbocycles. The Morgan fingerprint density at radius 3 is 2.56 bits per heavy atom. The lowest BCUT2D eigenvalue weighted by molar-refractivity contribution is -0.119. The van der Waals surface area contributed by atoms with Crippen LogP contribution in [0, 0.1) is 5.92 Å². The van der Waals surface area contributed by atoms with E-state index in [1.807, 2.05) is 27.7 Å². The van der Waals surface area contributed by atoms with Gasteiger partial charge in [0, 0.05) is 25.9 Å². The normalized spacial score (nSPS) is 20.0. The number of hydrogen-bond donors (Lipinski definition) is 0. The fourth-order valence-electron chi connectivity index (χ4n) is 2.19. The molecule has 4 nitrogen and oxygen atoms in total. The number of ether oxygens (including phenoxy) is 1. The summed E-state index contributed by atoms with van der Waals surface area (Å²) >= 11 is 0. The molecule has 1 unspecified atom stereocenters. The highest BCUT2D eigenvalue weighted by Gasteiger charge is 2.30. The lowest BCUT2D eigenvalue weighted by Crippen LogP contribution is -2.35. The third-order valence-corrected chi connectivity index (χ3v) is 2.98. The first kappa shape index (κ1) is 15.0. The highest BCUT2D eigenvalue weighted by molar-refractivity contribution is 5.78. The van der Waals surface area contributed by atoms with Gasteiger partial charge in [-0.2, -0.15) is 0 Å². The second-order valence-corrected chi connectivity index (χ2v) is 6.07. The van der Waals surface area contributed by atoms with Crippen LogP contribution in [0.5, 0.6) is 0 Å². The summed E-state index contributed by atoms with van der Waals surface area (Å²) in [5.41, 5.74) is -0.451. The Kier molecular flexibility index (Phi) is 5.17. The van der Waals surface area contributed by atoms with Crippen molar-refractivity contribution in [3.63, 3.8) is 0 Å². The van der Waals surface area contributed by atoms with E-state index in [9.17, 15) is 9.59 Å². The molecule has 0 aromatic rings. The maximum Gasteiger partial charge on any atom is 0.410 e. The maximum absolute atomic E-state index is 11.8. The van der Waals surface area contributed by atoms with Crippen LogP contribution in [0.4, 0.5) is 4.79 Å². The van der Waals surface area contributed by atoms with E-state index in [4.69, 9.17) is 4.74 Å². The zero-order valence-electron chi connectivity index (χ0n) is 12.0. The molecule has 1 aliphatic rings. The molecule has 1 rings (SSSR count). The average Bonchev–Trinajstić information content (AvgIpc) is 2.63. The van der Waals surface area contributed by atoms with Gasteiger partial charge >= 0.3 is 6.09 Å². The second kappa shape index (κ2) is 6.21. The first-order valence-corrected chi connectivity index (χ1v) is 6.81. The fraction of sp³-hybridized carbons (Fsp3) is 0.857. The molecule has 0 saturated carbocycles. The van der Waals surface area contributed by atoms with E-state index in [-0.39, 0.29) is 6.09 Å². The second-order valence-electron chi connectivity index (χ2n) is 6.07. The van der Waals surface area contributed by atoms with Gasteiger partial charge in [-0.05, 0) is 39.5 Å². The zero-order valence-corrected chi connectivity index (χ0v) is 12.0. The number of Topliss-reactive ketones (excluding diaryl/α,β-unsaturated/α-hetero) is 1. The van der Waals surface area contributed by atoms with Gasteiger partial charge in [-0.25, -0.2) is 4.79 Å². The van der Waals surface area contributed by atoms with Crippen LogP contribution < -0.4 is 0 Å². The summed E-state index contributed by atoms with van der Waals surface area (Å²) < 4.78 is 5.32. The third-order valence-electron chi connectivity index (χ3n) is 2.98. The predicted octanol–water partition coefficient (Wildman–Crippen LogP) is 3.00. The Morgan fingerprint density at radius 2 is 2.00 bits per heavy atom. The molecular formula is C14H25NO3.